The second kappa shape index (κ2) is 13.9. The quantitative estimate of drug-likeness (QED) is 0.174. The number of nitrogens with one attached hydrogen (secondary N) is 1. The lowest BCUT2D eigenvalue weighted by molar-refractivity contribution is 0.680. The van der Waals surface area contributed by atoms with Crippen LogP contribution in [-0.2, 0) is 0 Å². The number of amidine groups is 2. The minimum Gasteiger partial charge on any atom is -0.344 e. The fourth-order valence-corrected chi connectivity index (χ4v) is 9.29. The summed E-state index contributed by atoms with van der Waals surface area (Å²) >= 11 is 0. The zero-order valence-corrected chi connectivity index (χ0v) is 32.7. The van der Waals surface area contributed by atoms with Gasteiger partial charge in [-0.1, -0.05) is 188 Å². The van der Waals surface area contributed by atoms with Crippen LogP contribution < -0.4 is 5.32 Å². The Kier molecular flexibility index (Phi) is 7.92. The van der Waals surface area contributed by atoms with Crippen molar-refractivity contribution in [1.29, 1.82) is 0 Å². The highest BCUT2D eigenvalue weighted by Crippen LogP contribution is 2.39. The van der Waals surface area contributed by atoms with Crippen molar-refractivity contribution < 1.29 is 0 Å². The summed E-state index contributed by atoms with van der Waals surface area (Å²) in [6, 6.07) is 76.7. The predicted octanol–water partition coefficient (Wildman–Crippen LogP) is 14.4. The van der Waals surface area contributed by atoms with Gasteiger partial charge in [0.05, 0.1) is 0 Å². The number of benzene rings is 11. The van der Waals surface area contributed by atoms with Crippen molar-refractivity contribution >= 4 is 76.3 Å². The second-order valence-corrected chi connectivity index (χ2v) is 15.8. The standard InChI is InChI=1S/C57H37N3/c1-2-14-40(15-3-1)55-58-56(60-57(59-55)54-35-43-16-6-9-19-47(43)49-20-10-11-21-50(49)54)53-33-42(41-28-26-38-24-22-36-12-4-7-17-45(36)51(38)32-41)30-31-48(53)44-29-27-39-25-23-37-13-5-8-18-46(37)52(39)34-44/h1-35,57H,(H,58,59,60). The molecule has 280 valence electrons. The van der Waals surface area contributed by atoms with E-state index in [9.17, 15) is 0 Å². The summed E-state index contributed by atoms with van der Waals surface area (Å²) in [5.41, 5.74) is 7.57. The molecule has 12 rings (SSSR count). The van der Waals surface area contributed by atoms with Crippen molar-refractivity contribution in [3.8, 4) is 22.3 Å². The molecule has 1 N–H and O–H groups in total. The Morgan fingerprint density at radius 2 is 0.800 bits per heavy atom. The van der Waals surface area contributed by atoms with E-state index in [1.54, 1.807) is 0 Å². The first kappa shape index (κ1) is 34.2. The molecule has 0 aliphatic carbocycles. The van der Waals surface area contributed by atoms with Crippen molar-refractivity contribution in [2.24, 2.45) is 9.98 Å². The van der Waals surface area contributed by atoms with Gasteiger partial charge in [-0.3, -0.25) is 0 Å². The summed E-state index contributed by atoms with van der Waals surface area (Å²) in [5.74, 6) is 1.48. The molecule has 0 radical (unpaired) electrons. The fourth-order valence-electron chi connectivity index (χ4n) is 9.29. The summed E-state index contributed by atoms with van der Waals surface area (Å²) in [6.45, 7) is 0. The van der Waals surface area contributed by atoms with E-state index in [2.05, 4.69) is 212 Å². The SMILES string of the molecule is c1ccc(C2=NC(c3cc(-c4ccc5ccc6ccccc6c5c4)ccc3-c3ccc4ccc5ccccc5c4c3)=NC(c3cc4ccccc4c4ccccc34)N2)cc1. The van der Waals surface area contributed by atoms with Crippen LogP contribution in [0.2, 0.25) is 0 Å². The molecule has 1 aliphatic rings. The predicted molar refractivity (Wildman–Crippen MR) is 254 cm³/mol. The van der Waals surface area contributed by atoms with Gasteiger partial charge in [0.1, 0.15) is 12.0 Å². The monoisotopic (exact) mass is 763 g/mol. The maximum atomic E-state index is 5.60. The Labute approximate surface area is 347 Å². The van der Waals surface area contributed by atoms with E-state index in [1.807, 2.05) is 6.07 Å². The molecule has 0 fully saturated rings. The van der Waals surface area contributed by atoms with Crippen LogP contribution in [0, 0.1) is 0 Å². The van der Waals surface area contributed by atoms with Crippen LogP contribution in [-0.4, -0.2) is 11.7 Å². The van der Waals surface area contributed by atoms with Crippen LogP contribution in [0.3, 0.4) is 0 Å². The van der Waals surface area contributed by atoms with Gasteiger partial charge in [-0.15, -0.1) is 0 Å². The fraction of sp³-hybridized carbons (Fsp3) is 0.0175. The zero-order valence-electron chi connectivity index (χ0n) is 32.7. The molecular formula is C57H37N3. The molecule has 0 saturated heterocycles. The molecule has 1 heterocycles. The maximum absolute atomic E-state index is 5.60. The molecule has 0 aromatic heterocycles. The Balaban J connectivity index is 1.11. The molecule has 0 amide bonds. The van der Waals surface area contributed by atoms with Gasteiger partial charge in [0.15, 0.2) is 5.84 Å². The number of aliphatic imine (C=N–C) groups is 2. The molecular weight excluding hydrogens is 727 g/mol. The van der Waals surface area contributed by atoms with E-state index >= 15 is 0 Å². The van der Waals surface area contributed by atoms with Gasteiger partial charge < -0.3 is 5.32 Å². The highest BCUT2D eigenvalue weighted by Gasteiger charge is 2.25. The Bertz CT molecular complexity index is 3580. The molecule has 11 aromatic carbocycles. The molecule has 0 spiro atoms. The van der Waals surface area contributed by atoms with E-state index in [0.717, 1.165) is 44.8 Å². The Morgan fingerprint density at radius 3 is 1.48 bits per heavy atom. The van der Waals surface area contributed by atoms with Gasteiger partial charge in [0.25, 0.3) is 0 Å². The molecule has 3 nitrogen and oxygen atoms in total. The highest BCUT2D eigenvalue weighted by atomic mass is 15.2. The number of rotatable bonds is 5. The average molecular weight is 764 g/mol. The summed E-state index contributed by atoms with van der Waals surface area (Å²) in [5, 5.41) is 18.5. The number of hydrogen-bond donors (Lipinski definition) is 1. The van der Waals surface area contributed by atoms with Crippen LogP contribution in [0.5, 0.6) is 0 Å². The zero-order chi connectivity index (χ0) is 39.6. The van der Waals surface area contributed by atoms with Crippen molar-refractivity contribution in [1.82, 2.24) is 5.32 Å². The summed E-state index contributed by atoms with van der Waals surface area (Å²) in [4.78, 5) is 11.0. The lowest BCUT2D eigenvalue weighted by Crippen LogP contribution is -2.33. The maximum Gasteiger partial charge on any atom is 0.160 e. The van der Waals surface area contributed by atoms with Crippen molar-refractivity contribution in [3.05, 3.63) is 229 Å². The van der Waals surface area contributed by atoms with E-state index in [4.69, 9.17) is 9.98 Å². The van der Waals surface area contributed by atoms with Crippen LogP contribution in [0.25, 0.3) is 86.9 Å². The first-order valence-electron chi connectivity index (χ1n) is 20.6. The average Bonchev–Trinajstić information content (AvgIpc) is 3.33. The molecule has 0 bridgehead atoms. The number of hydrogen-bond acceptors (Lipinski definition) is 3. The van der Waals surface area contributed by atoms with Gasteiger partial charge >= 0.3 is 0 Å². The highest BCUT2D eigenvalue weighted by molar-refractivity contribution is 6.17. The largest absolute Gasteiger partial charge is 0.344 e. The summed E-state index contributed by atoms with van der Waals surface area (Å²) in [7, 11) is 0. The second-order valence-electron chi connectivity index (χ2n) is 15.8. The molecule has 1 aliphatic heterocycles. The Morgan fingerprint density at radius 1 is 0.317 bits per heavy atom. The van der Waals surface area contributed by atoms with Gasteiger partial charge in [0, 0.05) is 16.7 Å². The molecule has 1 atom stereocenters. The van der Waals surface area contributed by atoms with E-state index < -0.39 is 6.17 Å². The smallest absolute Gasteiger partial charge is 0.160 e. The third-order valence-electron chi connectivity index (χ3n) is 12.3. The van der Waals surface area contributed by atoms with Crippen molar-refractivity contribution in [2.45, 2.75) is 6.17 Å². The summed E-state index contributed by atoms with van der Waals surface area (Å²) < 4.78 is 0. The van der Waals surface area contributed by atoms with E-state index in [1.165, 1.54) is 64.6 Å². The normalized spacial score (nSPS) is 14.2. The minimum absolute atomic E-state index is 0.397. The van der Waals surface area contributed by atoms with Crippen LogP contribution >= 0.6 is 0 Å². The van der Waals surface area contributed by atoms with Crippen molar-refractivity contribution in [2.75, 3.05) is 0 Å². The topological polar surface area (TPSA) is 36.8 Å². The van der Waals surface area contributed by atoms with E-state index in [-0.39, 0.29) is 0 Å². The van der Waals surface area contributed by atoms with E-state index in [0.29, 0.717) is 5.84 Å². The van der Waals surface area contributed by atoms with Crippen molar-refractivity contribution in [3.63, 3.8) is 0 Å². The molecule has 3 heteroatoms. The molecule has 1 unspecified atom stereocenters. The number of nitrogens with zero attached hydrogens (tertiary/aromatic N) is 2. The van der Waals surface area contributed by atoms with Gasteiger partial charge in [0.2, 0.25) is 0 Å². The first-order chi connectivity index (χ1) is 29.7. The van der Waals surface area contributed by atoms with Gasteiger partial charge in [-0.25, -0.2) is 9.98 Å². The van der Waals surface area contributed by atoms with Gasteiger partial charge in [-0.2, -0.15) is 0 Å². The minimum atomic E-state index is -0.397. The van der Waals surface area contributed by atoms with Crippen LogP contribution in [0.4, 0.5) is 0 Å². The Hall–Kier alpha value is -7.88. The van der Waals surface area contributed by atoms with Crippen LogP contribution in [0.1, 0.15) is 22.9 Å². The lowest BCUT2D eigenvalue weighted by atomic mass is 9.91. The molecule has 60 heavy (non-hydrogen) atoms. The molecule has 0 saturated carbocycles. The summed E-state index contributed by atoms with van der Waals surface area (Å²) in [6.07, 6.45) is -0.397. The van der Waals surface area contributed by atoms with Crippen LogP contribution in [0.15, 0.2) is 222 Å². The number of fused-ring (bicyclic) bond motifs is 9. The first-order valence-corrected chi connectivity index (χ1v) is 20.6. The lowest BCUT2D eigenvalue weighted by Gasteiger charge is -2.26. The third kappa shape index (κ3) is 5.74. The third-order valence-corrected chi connectivity index (χ3v) is 12.3. The molecule has 11 aromatic rings. The van der Waals surface area contributed by atoms with Gasteiger partial charge in [-0.05, 0) is 111 Å².